The van der Waals surface area contributed by atoms with E-state index in [1.54, 1.807) is 24.2 Å². The maximum atomic E-state index is 13.4. The molecule has 0 radical (unpaired) electrons. The number of benzene rings is 2. The number of para-hydroxylation sites is 2. The molecule has 0 bridgehead atoms. The second-order valence-electron chi connectivity index (χ2n) is 9.16. The standard InChI is InChI=1S/C29H34N2O6/c1-3-4-13-25(33)31(16-14-19-9-5-7-11-23(19)36-2)22-18-21(29(35)30-15-17-32)26-20-10-6-8-12-24(20)37-28(26)27(22)34/h3,5-12,18,22,26-28,32,34H,1,4,13-17H2,2H3,(H,30,35). The third-order valence-corrected chi connectivity index (χ3v) is 6.93. The van der Waals surface area contributed by atoms with Crippen molar-refractivity contribution in [2.75, 3.05) is 26.8 Å². The summed E-state index contributed by atoms with van der Waals surface area (Å²) in [5.41, 5.74) is 2.16. The van der Waals surface area contributed by atoms with E-state index in [9.17, 15) is 19.8 Å². The summed E-state index contributed by atoms with van der Waals surface area (Å²) in [4.78, 5) is 28.3. The van der Waals surface area contributed by atoms with Crippen molar-refractivity contribution in [3.05, 3.63) is 84.0 Å². The summed E-state index contributed by atoms with van der Waals surface area (Å²) in [6, 6.07) is 14.2. The van der Waals surface area contributed by atoms with Crippen molar-refractivity contribution in [2.24, 2.45) is 0 Å². The number of allylic oxidation sites excluding steroid dienone is 1. The number of hydrogen-bond acceptors (Lipinski definition) is 6. The molecule has 4 rings (SSSR count). The van der Waals surface area contributed by atoms with Gasteiger partial charge in [-0.25, -0.2) is 0 Å². The molecule has 0 fully saturated rings. The number of nitrogens with zero attached hydrogens (tertiary/aromatic N) is 1. The zero-order valence-electron chi connectivity index (χ0n) is 21.0. The van der Waals surface area contributed by atoms with Crippen LogP contribution in [0.5, 0.6) is 11.5 Å². The number of rotatable bonds is 11. The highest BCUT2D eigenvalue weighted by atomic mass is 16.5. The lowest BCUT2D eigenvalue weighted by molar-refractivity contribution is -0.137. The van der Waals surface area contributed by atoms with Crippen molar-refractivity contribution in [1.29, 1.82) is 0 Å². The predicted molar refractivity (Wildman–Crippen MR) is 139 cm³/mol. The molecule has 0 aromatic heterocycles. The van der Waals surface area contributed by atoms with Gasteiger partial charge in [0.2, 0.25) is 11.8 Å². The Labute approximate surface area is 217 Å². The minimum Gasteiger partial charge on any atom is -0.496 e. The van der Waals surface area contributed by atoms with Crippen LogP contribution in [-0.4, -0.2) is 72.0 Å². The molecule has 0 spiro atoms. The van der Waals surface area contributed by atoms with Gasteiger partial charge in [0.05, 0.1) is 25.7 Å². The maximum absolute atomic E-state index is 13.4. The highest BCUT2D eigenvalue weighted by Crippen LogP contribution is 2.47. The van der Waals surface area contributed by atoms with Gasteiger partial charge < -0.3 is 29.9 Å². The van der Waals surface area contributed by atoms with Crippen LogP contribution in [0.2, 0.25) is 0 Å². The number of aliphatic hydroxyl groups excluding tert-OH is 2. The van der Waals surface area contributed by atoms with Crippen molar-refractivity contribution in [3.63, 3.8) is 0 Å². The van der Waals surface area contributed by atoms with Gasteiger partial charge >= 0.3 is 0 Å². The first-order valence-corrected chi connectivity index (χ1v) is 12.6. The number of fused-ring (bicyclic) bond motifs is 3. The van der Waals surface area contributed by atoms with Gasteiger partial charge in [0.1, 0.15) is 23.7 Å². The van der Waals surface area contributed by atoms with Crippen molar-refractivity contribution in [2.45, 2.75) is 43.4 Å². The number of ether oxygens (including phenoxy) is 2. The lowest BCUT2D eigenvalue weighted by atomic mass is 9.77. The number of nitrogens with one attached hydrogen (secondary N) is 1. The SMILES string of the molecule is C=CCCC(=O)N(CCc1ccccc1OC)C1C=C(C(=O)NCCO)C2c3ccccc3OC2C1O. The van der Waals surface area contributed by atoms with Crippen LogP contribution >= 0.6 is 0 Å². The van der Waals surface area contributed by atoms with Gasteiger partial charge in [-0.15, -0.1) is 6.58 Å². The predicted octanol–water partition coefficient (Wildman–Crippen LogP) is 2.36. The highest BCUT2D eigenvalue weighted by Gasteiger charge is 2.50. The van der Waals surface area contributed by atoms with Gasteiger partial charge in [-0.05, 0) is 36.6 Å². The van der Waals surface area contributed by atoms with E-state index < -0.39 is 24.2 Å². The number of methoxy groups -OCH3 is 1. The fourth-order valence-corrected chi connectivity index (χ4v) is 5.15. The maximum Gasteiger partial charge on any atom is 0.247 e. The summed E-state index contributed by atoms with van der Waals surface area (Å²) in [7, 11) is 1.60. The molecule has 0 saturated carbocycles. The second-order valence-corrected chi connectivity index (χ2v) is 9.16. The van der Waals surface area contributed by atoms with E-state index in [-0.39, 0.29) is 31.4 Å². The summed E-state index contributed by atoms with van der Waals surface area (Å²) >= 11 is 0. The topological polar surface area (TPSA) is 108 Å². The van der Waals surface area contributed by atoms with Crippen LogP contribution in [0.25, 0.3) is 0 Å². The van der Waals surface area contributed by atoms with Crippen molar-refractivity contribution in [1.82, 2.24) is 10.2 Å². The molecular weight excluding hydrogens is 472 g/mol. The summed E-state index contributed by atoms with van der Waals surface area (Å²) in [5.74, 6) is 0.334. The number of hydrogen-bond donors (Lipinski definition) is 3. The van der Waals surface area contributed by atoms with E-state index in [0.717, 1.165) is 16.9 Å². The number of amides is 2. The second kappa shape index (κ2) is 12.1. The fraction of sp³-hybridized carbons (Fsp3) is 0.379. The van der Waals surface area contributed by atoms with Gasteiger partial charge in [0, 0.05) is 30.6 Å². The zero-order valence-corrected chi connectivity index (χ0v) is 21.0. The molecule has 196 valence electrons. The van der Waals surface area contributed by atoms with E-state index in [4.69, 9.17) is 9.47 Å². The molecule has 37 heavy (non-hydrogen) atoms. The average Bonchev–Trinajstić information content (AvgIpc) is 3.32. The first kappa shape index (κ1) is 26.4. The van der Waals surface area contributed by atoms with Gasteiger partial charge in [-0.3, -0.25) is 9.59 Å². The number of carbonyl (C=O) groups is 2. The Morgan fingerprint density at radius 1 is 1.19 bits per heavy atom. The van der Waals surface area contributed by atoms with E-state index in [0.29, 0.717) is 30.7 Å². The Bertz CT molecular complexity index is 1160. The van der Waals surface area contributed by atoms with Crippen LogP contribution in [0.3, 0.4) is 0 Å². The molecule has 3 N–H and O–H groups in total. The molecular formula is C29H34N2O6. The van der Waals surface area contributed by atoms with Crippen LogP contribution in [0, 0.1) is 0 Å². The number of carbonyl (C=O) groups excluding carboxylic acids is 2. The summed E-state index contributed by atoms with van der Waals surface area (Å²) in [5, 5.41) is 23.5. The Hall–Kier alpha value is -3.62. The fourth-order valence-electron chi connectivity index (χ4n) is 5.15. The van der Waals surface area contributed by atoms with Crippen molar-refractivity contribution < 1.29 is 29.3 Å². The molecule has 4 atom stereocenters. The minimum atomic E-state index is -1.06. The summed E-state index contributed by atoms with van der Waals surface area (Å²) < 4.78 is 11.6. The zero-order chi connectivity index (χ0) is 26.4. The monoisotopic (exact) mass is 506 g/mol. The van der Waals surface area contributed by atoms with Gasteiger partial charge in [-0.1, -0.05) is 42.5 Å². The lowest BCUT2D eigenvalue weighted by Crippen LogP contribution is -2.56. The smallest absolute Gasteiger partial charge is 0.247 e. The Morgan fingerprint density at radius 2 is 1.95 bits per heavy atom. The molecule has 8 heteroatoms. The van der Waals surface area contributed by atoms with Crippen molar-refractivity contribution in [3.8, 4) is 11.5 Å². The van der Waals surface area contributed by atoms with Crippen LogP contribution in [0.15, 0.2) is 72.8 Å². The Balaban J connectivity index is 1.70. The Morgan fingerprint density at radius 3 is 2.70 bits per heavy atom. The van der Waals surface area contributed by atoms with Gasteiger partial charge in [0.15, 0.2) is 0 Å². The third-order valence-electron chi connectivity index (χ3n) is 6.93. The van der Waals surface area contributed by atoms with E-state index in [2.05, 4.69) is 11.9 Å². The Kier molecular flexibility index (Phi) is 8.63. The molecule has 2 aromatic rings. The molecule has 1 aliphatic heterocycles. The average molecular weight is 507 g/mol. The van der Waals surface area contributed by atoms with Crippen LogP contribution < -0.4 is 14.8 Å². The van der Waals surface area contributed by atoms with Crippen LogP contribution in [-0.2, 0) is 16.0 Å². The largest absolute Gasteiger partial charge is 0.496 e. The molecule has 8 nitrogen and oxygen atoms in total. The molecule has 1 aliphatic carbocycles. The molecule has 2 aliphatic rings. The third kappa shape index (κ3) is 5.55. The van der Waals surface area contributed by atoms with Crippen LogP contribution in [0.1, 0.15) is 29.9 Å². The summed E-state index contributed by atoms with van der Waals surface area (Å²) in [6.45, 7) is 3.93. The highest BCUT2D eigenvalue weighted by molar-refractivity contribution is 5.96. The van der Waals surface area contributed by atoms with Crippen LogP contribution in [0.4, 0.5) is 0 Å². The lowest BCUT2D eigenvalue weighted by Gasteiger charge is -2.41. The molecule has 0 saturated heterocycles. The van der Waals surface area contributed by atoms with E-state index >= 15 is 0 Å². The molecule has 2 amide bonds. The quantitative estimate of drug-likeness (QED) is 0.404. The van der Waals surface area contributed by atoms with E-state index in [1.165, 1.54) is 0 Å². The first-order valence-electron chi connectivity index (χ1n) is 12.6. The van der Waals surface area contributed by atoms with E-state index in [1.807, 2.05) is 48.5 Å². The van der Waals surface area contributed by atoms with Gasteiger partial charge in [0.25, 0.3) is 0 Å². The number of aliphatic hydroxyl groups is 2. The molecule has 1 heterocycles. The minimum absolute atomic E-state index is 0.0963. The normalized spacial score (nSPS) is 21.6. The molecule has 4 unspecified atom stereocenters. The first-order chi connectivity index (χ1) is 18.0. The summed E-state index contributed by atoms with van der Waals surface area (Å²) in [6.07, 6.45) is 2.81. The van der Waals surface area contributed by atoms with Gasteiger partial charge in [-0.2, -0.15) is 0 Å². The van der Waals surface area contributed by atoms with Crippen molar-refractivity contribution >= 4 is 11.8 Å². The molecule has 2 aromatic carbocycles.